The molecule has 1 aromatic rings. The van der Waals surface area contributed by atoms with E-state index in [1.54, 1.807) is 0 Å². The van der Waals surface area contributed by atoms with Crippen molar-refractivity contribution in [2.24, 2.45) is 0 Å². The number of amides is 1. The van der Waals surface area contributed by atoms with Crippen molar-refractivity contribution in [2.45, 2.75) is 0 Å². The predicted octanol–water partition coefficient (Wildman–Crippen LogP) is 1.07. The molecule has 0 fully saturated rings. The van der Waals surface area contributed by atoms with Crippen LogP contribution in [0.1, 0.15) is 10.4 Å². The normalized spacial score (nSPS) is 9.69. The van der Waals surface area contributed by atoms with Crippen LogP contribution in [0, 0.1) is 5.82 Å². The fraction of sp³-hybridized carbons (Fsp3) is 0.273. The van der Waals surface area contributed by atoms with Crippen LogP contribution in [-0.4, -0.2) is 37.5 Å². The Balaban J connectivity index is 2.70. The summed E-state index contributed by atoms with van der Waals surface area (Å²) in [6.45, 7) is -0.132. The standard InChI is InChI=1S/C11H12FNO3/c1-13(7-10(14)16-2)11(15)8-3-5-9(12)6-4-8/h3-6H,7H2,1-2H3. The molecule has 0 aliphatic carbocycles. The van der Waals surface area contributed by atoms with Crippen molar-refractivity contribution in [1.82, 2.24) is 4.90 Å². The monoisotopic (exact) mass is 225 g/mol. The van der Waals surface area contributed by atoms with Crippen LogP contribution in [-0.2, 0) is 9.53 Å². The van der Waals surface area contributed by atoms with Gasteiger partial charge < -0.3 is 9.64 Å². The minimum Gasteiger partial charge on any atom is -0.468 e. The summed E-state index contributed by atoms with van der Waals surface area (Å²) in [6, 6.07) is 5.12. The number of likely N-dealkylation sites (N-methyl/N-ethyl adjacent to an activating group) is 1. The first kappa shape index (κ1) is 12.2. The molecular formula is C11H12FNO3. The molecule has 1 aromatic carbocycles. The summed E-state index contributed by atoms with van der Waals surface area (Å²) in [4.78, 5) is 23.8. The van der Waals surface area contributed by atoms with Crippen molar-refractivity contribution in [3.8, 4) is 0 Å². The highest BCUT2D eigenvalue weighted by Gasteiger charge is 2.14. The van der Waals surface area contributed by atoms with Crippen molar-refractivity contribution in [3.63, 3.8) is 0 Å². The van der Waals surface area contributed by atoms with Crippen molar-refractivity contribution in [3.05, 3.63) is 35.6 Å². The Kier molecular flexibility index (Phi) is 3.99. The molecule has 0 saturated carbocycles. The molecule has 0 saturated heterocycles. The number of carbonyl (C=O) groups is 2. The first-order chi connectivity index (χ1) is 7.54. The number of benzene rings is 1. The summed E-state index contributed by atoms with van der Waals surface area (Å²) in [5.74, 6) is -1.27. The van der Waals surface area contributed by atoms with Gasteiger partial charge in [0.1, 0.15) is 12.4 Å². The third-order valence-electron chi connectivity index (χ3n) is 2.03. The summed E-state index contributed by atoms with van der Waals surface area (Å²) in [7, 11) is 2.72. The van der Waals surface area contributed by atoms with Gasteiger partial charge in [-0.1, -0.05) is 0 Å². The third-order valence-corrected chi connectivity index (χ3v) is 2.03. The van der Waals surface area contributed by atoms with Gasteiger partial charge >= 0.3 is 5.97 Å². The van der Waals surface area contributed by atoms with Gasteiger partial charge in [0, 0.05) is 12.6 Å². The van der Waals surface area contributed by atoms with E-state index < -0.39 is 11.8 Å². The van der Waals surface area contributed by atoms with Gasteiger partial charge in [0.2, 0.25) is 0 Å². The second kappa shape index (κ2) is 5.25. The summed E-state index contributed by atoms with van der Waals surface area (Å²) in [6.07, 6.45) is 0. The maximum atomic E-state index is 12.6. The minimum absolute atomic E-state index is 0.132. The molecule has 0 aromatic heterocycles. The zero-order valence-electron chi connectivity index (χ0n) is 9.07. The highest BCUT2D eigenvalue weighted by Crippen LogP contribution is 2.05. The van der Waals surface area contributed by atoms with Gasteiger partial charge in [-0.25, -0.2) is 4.39 Å². The van der Waals surface area contributed by atoms with Gasteiger partial charge in [-0.15, -0.1) is 0 Å². The van der Waals surface area contributed by atoms with Gasteiger partial charge in [-0.2, -0.15) is 0 Å². The molecule has 5 heteroatoms. The number of rotatable bonds is 3. The molecule has 0 heterocycles. The fourth-order valence-corrected chi connectivity index (χ4v) is 1.14. The van der Waals surface area contributed by atoms with E-state index >= 15 is 0 Å². The summed E-state index contributed by atoms with van der Waals surface area (Å²) in [5, 5.41) is 0. The van der Waals surface area contributed by atoms with Crippen LogP contribution in [0.15, 0.2) is 24.3 Å². The number of carbonyl (C=O) groups excluding carboxylic acids is 2. The second-order valence-corrected chi connectivity index (χ2v) is 3.24. The molecule has 16 heavy (non-hydrogen) atoms. The van der Waals surface area contributed by atoms with Gasteiger partial charge in [0.15, 0.2) is 0 Å². The SMILES string of the molecule is COC(=O)CN(C)C(=O)c1ccc(F)cc1. The first-order valence-electron chi connectivity index (χ1n) is 4.62. The smallest absolute Gasteiger partial charge is 0.325 e. The number of esters is 1. The molecule has 0 atom stereocenters. The topological polar surface area (TPSA) is 46.6 Å². The largest absolute Gasteiger partial charge is 0.468 e. The van der Waals surface area contributed by atoms with E-state index in [4.69, 9.17) is 0 Å². The first-order valence-corrected chi connectivity index (χ1v) is 4.62. The number of hydrogen-bond donors (Lipinski definition) is 0. The molecule has 0 bridgehead atoms. The maximum Gasteiger partial charge on any atom is 0.325 e. The number of ether oxygens (including phenoxy) is 1. The van der Waals surface area contributed by atoms with Crippen LogP contribution in [0.5, 0.6) is 0 Å². The lowest BCUT2D eigenvalue weighted by molar-refractivity contribution is -0.141. The van der Waals surface area contributed by atoms with Gasteiger partial charge in [-0.3, -0.25) is 9.59 Å². The van der Waals surface area contributed by atoms with E-state index in [9.17, 15) is 14.0 Å². The van der Waals surface area contributed by atoms with Crippen molar-refractivity contribution in [2.75, 3.05) is 20.7 Å². The molecule has 0 aliphatic rings. The van der Waals surface area contributed by atoms with Crippen LogP contribution in [0.2, 0.25) is 0 Å². The number of hydrogen-bond acceptors (Lipinski definition) is 3. The molecule has 0 spiro atoms. The predicted molar refractivity (Wildman–Crippen MR) is 55.4 cm³/mol. The molecular weight excluding hydrogens is 213 g/mol. The van der Waals surface area contributed by atoms with Crippen LogP contribution in [0.4, 0.5) is 4.39 Å². The Morgan fingerprint density at radius 2 is 1.88 bits per heavy atom. The van der Waals surface area contributed by atoms with Crippen molar-refractivity contribution < 1.29 is 18.7 Å². The number of methoxy groups -OCH3 is 1. The van der Waals surface area contributed by atoms with E-state index in [0.717, 1.165) is 0 Å². The Hall–Kier alpha value is -1.91. The molecule has 0 aliphatic heterocycles. The van der Waals surface area contributed by atoms with Crippen LogP contribution >= 0.6 is 0 Å². The van der Waals surface area contributed by atoms with Crippen LogP contribution < -0.4 is 0 Å². The number of halogens is 1. The van der Waals surface area contributed by atoms with Crippen LogP contribution in [0.3, 0.4) is 0 Å². The Morgan fingerprint density at radius 3 is 2.38 bits per heavy atom. The Labute approximate surface area is 92.6 Å². The lowest BCUT2D eigenvalue weighted by Gasteiger charge is -2.15. The van der Waals surface area contributed by atoms with Gasteiger partial charge in [-0.05, 0) is 24.3 Å². The zero-order chi connectivity index (χ0) is 12.1. The lowest BCUT2D eigenvalue weighted by Crippen LogP contribution is -2.32. The summed E-state index contributed by atoms with van der Waals surface area (Å²) < 4.78 is 17.1. The average Bonchev–Trinajstić information content (AvgIpc) is 2.28. The average molecular weight is 225 g/mol. The van der Waals surface area contributed by atoms with Gasteiger partial charge in [0.25, 0.3) is 5.91 Å². The Bertz CT molecular complexity index is 389. The molecule has 4 nitrogen and oxygen atoms in total. The zero-order valence-corrected chi connectivity index (χ0v) is 9.07. The lowest BCUT2D eigenvalue weighted by atomic mass is 10.2. The van der Waals surface area contributed by atoms with Gasteiger partial charge in [0.05, 0.1) is 7.11 Å². The molecule has 0 unspecified atom stereocenters. The van der Waals surface area contributed by atoms with E-state index in [2.05, 4.69) is 4.74 Å². The molecule has 0 N–H and O–H groups in total. The highest BCUT2D eigenvalue weighted by atomic mass is 19.1. The fourth-order valence-electron chi connectivity index (χ4n) is 1.14. The quantitative estimate of drug-likeness (QED) is 0.723. The van der Waals surface area contributed by atoms with Crippen molar-refractivity contribution >= 4 is 11.9 Å². The minimum atomic E-state index is -0.502. The molecule has 1 amide bonds. The van der Waals surface area contributed by atoms with Crippen LogP contribution in [0.25, 0.3) is 0 Å². The summed E-state index contributed by atoms with van der Waals surface area (Å²) >= 11 is 0. The summed E-state index contributed by atoms with van der Waals surface area (Å²) in [5.41, 5.74) is 0.327. The molecule has 86 valence electrons. The Morgan fingerprint density at radius 1 is 1.31 bits per heavy atom. The molecule has 0 radical (unpaired) electrons. The van der Waals surface area contributed by atoms with E-state index in [1.165, 1.54) is 43.3 Å². The third kappa shape index (κ3) is 3.05. The molecule has 1 rings (SSSR count). The van der Waals surface area contributed by atoms with E-state index in [0.29, 0.717) is 5.56 Å². The highest BCUT2D eigenvalue weighted by molar-refractivity contribution is 5.95. The van der Waals surface area contributed by atoms with E-state index in [-0.39, 0.29) is 12.5 Å². The second-order valence-electron chi connectivity index (χ2n) is 3.24. The van der Waals surface area contributed by atoms with Crippen molar-refractivity contribution in [1.29, 1.82) is 0 Å². The maximum absolute atomic E-state index is 12.6. The van der Waals surface area contributed by atoms with E-state index in [1.807, 2.05) is 0 Å². The number of nitrogens with zero attached hydrogens (tertiary/aromatic N) is 1.